The van der Waals surface area contributed by atoms with Crippen molar-refractivity contribution in [2.45, 2.75) is 13.3 Å². The molecule has 1 nitrogen and oxygen atoms in total. The van der Waals surface area contributed by atoms with Crippen molar-refractivity contribution >= 4 is 21.8 Å². The predicted octanol–water partition coefficient (Wildman–Crippen LogP) is 0.605. The highest BCUT2D eigenvalue weighted by atomic mass is 32.8. The average Bonchev–Trinajstić information content (AvgIpc) is 1.61. The fraction of sp³-hybridized carbons (Fsp3) is 1.00. The smallest absolute Gasteiger partial charge is 0.0611 e. The number of hydrogen-bond donors (Lipinski definition) is 1. The van der Waals surface area contributed by atoms with Crippen LogP contribution in [0.1, 0.15) is 13.3 Å². The fourth-order valence-electron chi connectivity index (χ4n) is 0.129. The van der Waals surface area contributed by atoms with E-state index in [2.05, 4.69) is 18.1 Å². The van der Waals surface area contributed by atoms with E-state index in [9.17, 15) is 0 Å². The van der Waals surface area contributed by atoms with E-state index in [1.807, 2.05) is 0 Å². The lowest BCUT2D eigenvalue weighted by molar-refractivity contribution is 0.377. The van der Waals surface area contributed by atoms with Crippen LogP contribution in [0.4, 0.5) is 0 Å². The number of thiol groups is 1. The van der Waals surface area contributed by atoms with Gasteiger partial charge in [-0.15, -0.1) is 0 Å². The SMILES string of the molecule is CCCO[SH]=S. The summed E-state index contributed by atoms with van der Waals surface area (Å²) < 4.78 is 4.77. The molecule has 0 spiro atoms. The van der Waals surface area contributed by atoms with Crippen LogP contribution in [-0.4, -0.2) is 6.61 Å². The Balaban J connectivity index is 2.49. The Hall–Kier alpha value is 0.530. The quantitative estimate of drug-likeness (QED) is 0.436. The van der Waals surface area contributed by atoms with E-state index in [4.69, 9.17) is 4.18 Å². The molecule has 38 valence electrons. The summed E-state index contributed by atoms with van der Waals surface area (Å²) in [5.74, 6) is 0. The van der Waals surface area contributed by atoms with E-state index in [-0.39, 0.29) is 0 Å². The Labute approximate surface area is 46.5 Å². The molecule has 0 unspecified atom stereocenters. The third kappa shape index (κ3) is 4.53. The van der Waals surface area contributed by atoms with Crippen molar-refractivity contribution in [2.24, 2.45) is 0 Å². The highest BCUT2D eigenvalue weighted by molar-refractivity contribution is 8.15. The normalized spacial score (nSPS) is 8.83. The van der Waals surface area contributed by atoms with Crippen LogP contribution in [0, 0.1) is 0 Å². The molecule has 0 aliphatic heterocycles. The molecule has 0 radical (unpaired) electrons. The molecule has 0 bridgehead atoms. The Morgan fingerprint density at radius 1 is 1.83 bits per heavy atom. The third-order valence-corrected chi connectivity index (χ3v) is 0.952. The molecule has 0 aromatic rings. The first-order chi connectivity index (χ1) is 2.91. The van der Waals surface area contributed by atoms with E-state index in [0.29, 0.717) is 10.6 Å². The molecule has 3 heteroatoms. The summed E-state index contributed by atoms with van der Waals surface area (Å²) >= 11 is 4.47. The highest BCUT2D eigenvalue weighted by Gasteiger charge is 1.70. The van der Waals surface area contributed by atoms with Gasteiger partial charge >= 0.3 is 0 Å². The summed E-state index contributed by atoms with van der Waals surface area (Å²) in [7, 11) is 0.629. The van der Waals surface area contributed by atoms with Crippen molar-refractivity contribution in [3.05, 3.63) is 0 Å². The van der Waals surface area contributed by atoms with E-state index in [0.717, 1.165) is 13.0 Å². The van der Waals surface area contributed by atoms with Crippen LogP contribution in [0.3, 0.4) is 0 Å². The van der Waals surface area contributed by atoms with Gasteiger partial charge in [-0.3, -0.25) is 0 Å². The zero-order valence-electron chi connectivity index (χ0n) is 3.68. The molecule has 0 N–H and O–H groups in total. The average molecular weight is 124 g/mol. The van der Waals surface area contributed by atoms with Crippen LogP contribution >= 0.6 is 0 Å². The van der Waals surface area contributed by atoms with Gasteiger partial charge in [-0.2, -0.15) is 0 Å². The lowest BCUT2D eigenvalue weighted by Crippen LogP contribution is -1.81. The van der Waals surface area contributed by atoms with Gasteiger partial charge in [0.1, 0.15) is 0 Å². The Kier molecular flexibility index (Phi) is 6.02. The Morgan fingerprint density at radius 3 is 2.67 bits per heavy atom. The summed E-state index contributed by atoms with van der Waals surface area (Å²) in [6.07, 6.45) is 1.06. The van der Waals surface area contributed by atoms with Gasteiger partial charge in [0.05, 0.1) is 6.61 Å². The van der Waals surface area contributed by atoms with Gasteiger partial charge in [0.2, 0.25) is 0 Å². The van der Waals surface area contributed by atoms with Crippen LogP contribution in [0.15, 0.2) is 0 Å². The van der Waals surface area contributed by atoms with E-state index < -0.39 is 0 Å². The molecule has 0 aromatic carbocycles. The van der Waals surface area contributed by atoms with Crippen molar-refractivity contribution in [1.82, 2.24) is 0 Å². The standard InChI is InChI=1S/C3H8OS2/c1-2-3-4-6-5/h6H,2-3H2,1H3. The molecule has 0 aromatic heterocycles. The number of rotatable bonds is 3. The Bertz CT molecular complexity index is 37.8. The van der Waals surface area contributed by atoms with Gasteiger partial charge in [0.15, 0.2) is 0 Å². The Morgan fingerprint density at radius 2 is 2.50 bits per heavy atom. The minimum absolute atomic E-state index is 0.629. The predicted molar refractivity (Wildman–Crippen MR) is 32.4 cm³/mol. The second-order valence-electron chi connectivity index (χ2n) is 0.908. The lowest BCUT2D eigenvalue weighted by Gasteiger charge is -1.85. The molecule has 0 amide bonds. The van der Waals surface area contributed by atoms with E-state index in [1.54, 1.807) is 0 Å². The first-order valence-electron chi connectivity index (χ1n) is 1.86. The first kappa shape index (κ1) is 6.53. The maximum atomic E-state index is 4.77. The highest BCUT2D eigenvalue weighted by Crippen LogP contribution is 1.74. The maximum absolute atomic E-state index is 4.77. The molecule has 0 fully saturated rings. The lowest BCUT2D eigenvalue weighted by atomic mass is 10.5. The van der Waals surface area contributed by atoms with Crippen molar-refractivity contribution in [3.63, 3.8) is 0 Å². The molecule has 0 aliphatic rings. The third-order valence-electron chi connectivity index (χ3n) is 0.348. The summed E-state index contributed by atoms with van der Waals surface area (Å²) in [5.41, 5.74) is 0. The minimum atomic E-state index is 0.629. The van der Waals surface area contributed by atoms with Gasteiger partial charge in [0, 0.05) is 0 Å². The molecule has 0 saturated carbocycles. The van der Waals surface area contributed by atoms with Gasteiger partial charge in [-0.25, -0.2) is 0 Å². The van der Waals surface area contributed by atoms with Crippen LogP contribution < -0.4 is 0 Å². The van der Waals surface area contributed by atoms with Gasteiger partial charge in [-0.1, -0.05) is 6.92 Å². The second kappa shape index (κ2) is 5.53. The monoisotopic (exact) mass is 124 g/mol. The summed E-state index contributed by atoms with van der Waals surface area (Å²) in [4.78, 5) is 0. The summed E-state index contributed by atoms with van der Waals surface area (Å²) in [6, 6.07) is 0. The fourth-order valence-corrected chi connectivity index (χ4v) is 0.609. The van der Waals surface area contributed by atoms with Crippen LogP contribution in [0.25, 0.3) is 0 Å². The molecule has 6 heavy (non-hydrogen) atoms. The summed E-state index contributed by atoms with van der Waals surface area (Å²) in [6.45, 7) is 2.85. The van der Waals surface area contributed by atoms with Crippen LogP contribution in [0.2, 0.25) is 0 Å². The van der Waals surface area contributed by atoms with Gasteiger partial charge in [-0.05, 0) is 28.2 Å². The minimum Gasteiger partial charge on any atom is -0.315 e. The molecule has 0 atom stereocenters. The van der Waals surface area contributed by atoms with E-state index >= 15 is 0 Å². The van der Waals surface area contributed by atoms with Crippen molar-refractivity contribution in [1.29, 1.82) is 0 Å². The zero-order chi connectivity index (χ0) is 4.83. The molecular weight excluding hydrogens is 116 g/mol. The topological polar surface area (TPSA) is 9.23 Å². The first-order valence-corrected chi connectivity index (χ1v) is 3.69. The van der Waals surface area contributed by atoms with Crippen molar-refractivity contribution in [2.75, 3.05) is 6.61 Å². The summed E-state index contributed by atoms with van der Waals surface area (Å²) in [5, 5.41) is 0. The molecule has 0 aliphatic carbocycles. The largest absolute Gasteiger partial charge is 0.315 e. The van der Waals surface area contributed by atoms with Crippen molar-refractivity contribution < 1.29 is 4.18 Å². The number of hydrogen-bond acceptors (Lipinski definition) is 2. The zero-order valence-corrected chi connectivity index (χ0v) is 5.39. The molecule has 0 saturated heterocycles. The molecular formula is C3H8OS2. The molecule has 0 rings (SSSR count). The van der Waals surface area contributed by atoms with Gasteiger partial charge in [0.25, 0.3) is 0 Å². The van der Waals surface area contributed by atoms with Crippen LogP contribution in [-0.2, 0) is 26.0 Å². The van der Waals surface area contributed by atoms with Crippen LogP contribution in [0.5, 0.6) is 0 Å². The maximum Gasteiger partial charge on any atom is 0.0611 e. The van der Waals surface area contributed by atoms with Gasteiger partial charge < -0.3 is 4.18 Å². The van der Waals surface area contributed by atoms with E-state index in [1.165, 1.54) is 0 Å². The molecule has 0 heterocycles. The second-order valence-corrected chi connectivity index (χ2v) is 1.76. The van der Waals surface area contributed by atoms with Crippen molar-refractivity contribution in [3.8, 4) is 0 Å².